The standard InChI is InChI=1S/C9H10FNO/c10-8-4-2-1-3-7(8)9(12)5-11-6-9/h1-4,11-12H,5-6H2. The smallest absolute Gasteiger partial charge is 0.129 e. The quantitative estimate of drug-likeness (QED) is 0.642. The summed E-state index contributed by atoms with van der Waals surface area (Å²) in [5.41, 5.74) is -0.588. The summed E-state index contributed by atoms with van der Waals surface area (Å²) in [4.78, 5) is 0. The van der Waals surface area contributed by atoms with E-state index < -0.39 is 5.60 Å². The molecule has 0 aromatic heterocycles. The van der Waals surface area contributed by atoms with Gasteiger partial charge in [0.15, 0.2) is 0 Å². The Kier molecular flexibility index (Phi) is 1.63. The molecule has 1 fully saturated rings. The minimum Gasteiger partial charge on any atom is -0.382 e. The molecule has 2 nitrogen and oxygen atoms in total. The van der Waals surface area contributed by atoms with E-state index >= 15 is 0 Å². The van der Waals surface area contributed by atoms with Crippen molar-refractivity contribution in [2.75, 3.05) is 13.1 Å². The first kappa shape index (κ1) is 7.71. The van der Waals surface area contributed by atoms with Crippen LogP contribution in [0, 0.1) is 5.82 Å². The van der Waals surface area contributed by atoms with E-state index in [1.165, 1.54) is 6.07 Å². The third-order valence-electron chi connectivity index (χ3n) is 2.21. The maximum absolute atomic E-state index is 13.1. The van der Waals surface area contributed by atoms with Crippen LogP contribution < -0.4 is 5.32 Å². The average Bonchev–Trinajstić information content (AvgIpc) is 2.01. The second-order valence-corrected chi connectivity index (χ2v) is 3.11. The van der Waals surface area contributed by atoms with Crippen molar-refractivity contribution in [3.05, 3.63) is 35.6 Å². The number of hydrogen-bond donors (Lipinski definition) is 2. The molecule has 0 atom stereocenters. The first-order chi connectivity index (χ1) is 5.72. The van der Waals surface area contributed by atoms with Gasteiger partial charge in [-0.15, -0.1) is 0 Å². The number of halogens is 1. The Morgan fingerprint density at radius 2 is 2.00 bits per heavy atom. The van der Waals surface area contributed by atoms with Gasteiger partial charge in [0.2, 0.25) is 0 Å². The van der Waals surface area contributed by atoms with Crippen molar-refractivity contribution >= 4 is 0 Å². The number of rotatable bonds is 1. The van der Waals surface area contributed by atoms with E-state index in [1.807, 2.05) is 0 Å². The molecule has 1 heterocycles. The maximum atomic E-state index is 13.1. The highest BCUT2D eigenvalue weighted by molar-refractivity contribution is 5.27. The van der Waals surface area contributed by atoms with Crippen molar-refractivity contribution in [3.63, 3.8) is 0 Å². The molecule has 2 N–H and O–H groups in total. The monoisotopic (exact) mass is 167 g/mol. The molecule has 0 amide bonds. The van der Waals surface area contributed by atoms with Crippen molar-refractivity contribution in [1.82, 2.24) is 5.32 Å². The van der Waals surface area contributed by atoms with Crippen LogP contribution in [0.3, 0.4) is 0 Å². The topological polar surface area (TPSA) is 32.3 Å². The lowest BCUT2D eigenvalue weighted by molar-refractivity contribution is -0.0176. The van der Waals surface area contributed by atoms with Gasteiger partial charge in [-0.3, -0.25) is 0 Å². The fraction of sp³-hybridized carbons (Fsp3) is 0.333. The van der Waals surface area contributed by atoms with Crippen LogP contribution in [0.25, 0.3) is 0 Å². The molecule has 64 valence electrons. The van der Waals surface area contributed by atoms with Gasteiger partial charge in [0.05, 0.1) is 0 Å². The van der Waals surface area contributed by atoms with Gasteiger partial charge in [-0.2, -0.15) is 0 Å². The minimum absolute atomic E-state index is 0.332. The van der Waals surface area contributed by atoms with Crippen LogP contribution in [0.1, 0.15) is 5.56 Å². The van der Waals surface area contributed by atoms with Crippen LogP contribution in [0.4, 0.5) is 4.39 Å². The zero-order valence-electron chi connectivity index (χ0n) is 6.55. The molecular formula is C9H10FNO. The van der Waals surface area contributed by atoms with E-state index in [0.29, 0.717) is 18.7 Å². The van der Waals surface area contributed by atoms with E-state index in [0.717, 1.165) is 0 Å². The molecule has 1 saturated heterocycles. The van der Waals surface area contributed by atoms with Crippen molar-refractivity contribution in [2.45, 2.75) is 5.60 Å². The Morgan fingerprint density at radius 3 is 2.50 bits per heavy atom. The highest BCUT2D eigenvalue weighted by Crippen LogP contribution is 2.26. The SMILES string of the molecule is OC1(c2ccccc2F)CNC1. The molecule has 2 rings (SSSR count). The van der Waals surface area contributed by atoms with Crippen molar-refractivity contribution in [1.29, 1.82) is 0 Å². The lowest BCUT2D eigenvalue weighted by Gasteiger charge is -2.38. The highest BCUT2D eigenvalue weighted by atomic mass is 19.1. The molecule has 0 radical (unpaired) electrons. The summed E-state index contributed by atoms with van der Waals surface area (Å²) in [5.74, 6) is -0.332. The zero-order chi connectivity index (χ0) is 8.60. The summed E-state index contributed by atoms with van der Waals surface area (Å²) in [5, 5.41) is 12.7. The largest absolute Gasteiger partial charge is 0.382 e. The summed E-state index contributed by atoms with van der Waals surface area (Å²) < 4.78 is 13.1. The Labute approximate surface area is 70.0 Å². The van der Waals surface area contributed by atoms with Gasteiger partial charge in [0, 0.05) is 18.7 Å². The molecule has 0 unspecified atom stereocenters. The van der Waals surface area contributed by atoms with Gasteiger partial charge in [0.25, 0.3) is 0 Å². The van der Waals surface area contributed by atoms with E-state index in [9.17, 15) is 9.50 Å². The Bertz CT molecular complexity index is 296. The van der Waals surface area contributed by atoms with Gasteiger partial charge in [-0.05, 0) is 6.07 Å². The van der Waals surface area contributed by atoms with E-state index in [4.69, 9.17) is 0 Å². The fourth-order valence-corrected chi connectivity index (χ4v) is 1.39. The molecule has 1 aromatic rings. The first-order valence-corrected chi connectivity index (χ1v) is 3.90. The average molecular weight is 167 g/mol. The molecule has 0 bridgehead atoms. The summed E-state index contributed by atoms with van der Waals surface area (Å²) in [6.45, 7) is 0.877. The third-order valence-corrected chi connectivity index (χ3v) is 2.21. The fourth-order valence-electron chi connectivity index (χ4n) is 1.39. The van der Waals surface area contributed by atoms with Crippen molar-refractivity contribution in [3.8, 4) is 0 Å². The van der Waals surface area contributed by atoms with E-state index in [-0.39, 0.29) is 5.82 Å². The van der Waals surface area contributed by atoms with E-state index in [2.05, 4.69) is 5.32 Å². The normalized spacial score (nSPS) is 20.2. The molecule has 1 aliphatic heterocycles. The summed E-state index contributed by atoms with van der Waals surface area (Å²) in [7, 11) is 0. The summed E-state index contributed by atoms with van der Waals surface area (Å²) >= 11 is 0. The predicted molar refractivity (Wildman–Crippen MR) is 43.2 cm³/mol. The number of nitrogens with one attached hydrogen (secondary N) is 1. The number of benzene rings is 1. The maximum Gasteiger partial charge on any atom is 0.129 e. The summed E-state index contributed by atoms with van der Waals surface area (Å²) in [6, 6.07) is 6.34. The van der Waals surface area contributed by atoms with Gasteiger partial charge in [0.1, 0.15) is 11.4 Å². The van der Waals surface area contributed by atoms with Gasteiger partial charge in [-0.1, -0.05) is 18.2 Å². The molecule has 12 heavy (non-hydrogen) atoms. The first-order valence-electron chi connectivity index (χ1n) is 3.90. The van der Waals surface area contributed by atoms with Crippen LogP contribution >= 0.6 is 0 Å². The molecule has 0 spiro atoms. The zero-order valence-corrected chi connectivity index (χ0v) is 6.55. The summed E-state index contributed by atoms with van der Waals surface area (Å²) in [6.07, 6.45) is 0. The number of aliphatic hydroxyl groups is 1. The predicted octanol–water partition coefficient (Wildman–Crippen LogP) is 0.616. The minimum atomic E-state index is -0.981. The van der Waals surface area contributed by atoms with Gasteiger partial charge < -0.3 is 10.4 Å². The van der Waals surface area contributed by atoms with Crippen LogP contribution in [-0.4, -0.2) is 18.2 Å². The second-order valence-electron chi connectivity index (χ2n) is 3.11. The van der Waals surface area contributed by atoms with Crippen molar-refractivity contribution < 1.29 is 9.50 Å². The molecule has 1 aliphatic rings. The van der Waals surface area contributed by atoms with E-state index in [1.54, 1.807) is 18.2 Å². The second kappa shape index (κ2) is 2.54. The number of hydrogen-bond acceptors (Lipinski definition) is 2. The molecule has 0 saturated carbocycles. The third kappa shape index (κ3) is 1.02. The lowest BCUT2D eigenvalue weighted by atomic mass is 9.88. The van der Waals surface area contributed by atoms with Crippen LogP contribution in [0.15, 0.2) is 24.3 Å². The molecule has 3 heteroatoms. The number of β-amino-alcohol motifs (C(OH)–C–C–N with tert-alkyl or cyclic N) is 1. The van der Waals surface area contributed by atoms with Gasteiger partial charge in [-0.25, -0.2) is 4.39 Å². The Hall–Kier alpha value is -0.930. The Balaban J connectivity index is 2.39. The van der Waals surface area contributed by atoms with Crippen LogP contribution in [-0.2, 0) is 5.60 Å². The molecular weight excluding hydrogens is 157 g/mol. The van der Waals surface area contributed by atoms with Crippen molar-refractivity contribution in [2.24, 2.45) is 0 Å². The molecule has 0 aliphatic carbocycles. The highest BCUT2D eigenvalue weighted by Gasteiger charge is 2.37. The van der Waals surface area contributed by atoms with Crippen LogP contribution in [0.2, 0.25) is 0 Å². The van der Waals surface area contributed by atoms with Crippen LogP contribution in [0.5, 0.6) is 0 Å². The van der Waals surface area contributed by atoms with Gasteiger partial charge >= 0.3 is 0 Å². The molecule has 1 aromatic carbocycles. The Morgan fingerprint density at radius 1 is 1.33 bits per heavy atom. The lowest BCUT2D eigenvalue weighted by Crippen LogP contribution is -2.57.